The number of hydrogen-bond acceptors (Lipinski definition) is 5. The molecule has 0 rings (SSSR count). The summed E-state index contributed by atoms with van der Waals surface area (Å²) in [6, 6.07) is 0. The van der Waals surface area contributed by atoms with Crippen LogP contribution in [0.2, 0.25) is 0 Å². The number of ether oxygens (including phenoxy) is 1. The third-order valence-electron chi connectivity index (χ3n) is 4.20. The lowest BCUT2D eigenvalue weighted by atomic mass is 10.1. The van der Waals surface area contributed by atoms with Crippen LogP contribution in [0.25, 0.3) is 0 Å². The average Bonchev–Trinajstić information content (AvgIpc) is 2.62. The zero-order valence-electron chi connectivity index (χ0n) is 16.2. The smallest absolute Gasteiger partial charge is 0.198 e. The van der Waals surface area contributed by atoms with E-state index in [0.29, 0.717) is 0 Å². The molecule has 0 spiro atoms. The summed E-state index contributed by atoms with van der Waals surface area (Å²) in [6.07, 6.45) is 20.2. The van der Waals surface area contributed by atoms with Crippen LogP contribution in [-0.4, -0.2) is 25.1 Å². The maximum Gasteiger partial charge on any atom is 0.198 e. The number of methoxy groups -OCH3 is 1. The van der Waals surface area contributed by atoms with Crippen LogP contribution in [0.3, 0.4) is 0 Å². The Kier molecular flexibility index (Phi) is 22.0. The third kappa shape index (κ3) is 20.1. The highest BCUT2D eigenvalue weighted by molar-refractivity contribution is 7.26. The van der Waals surface area contributed by atoms with Crippen LogP contribution in [0, 0.1) is 0 Å². The largest absolute Gasteiger partial charge is 0.385 e. The van der Waals surface area contributed by atoms with Crippen LogP contribution in [0.1, 0.15) is 90.4 Å². The van der Waals surface area contributed by atoms with Gasteiger partial charge >= 0.3 is 0 Å². The van der Waals surface area contributed by atoms with E-state index in [1.54, 1.807) is 7.11 Å². The van der Waals surface area contributed by atoms with E-state index in [4.69, 9.17) is 14.5 Å². The van der Waals surface area contributed by atoms with Gasteiger partial charge in [-0.05, 0) is 32.1 Å². The summed E-state index contributed by atoms with van der Waals surface area (Å²) in [5.74, 6) is 0. The standard InChI is InChI=1S/C19H39O5P/c1-3-4-5-13-16-19(22-25-24-23-20)17-14-11-9-7-6-8-10-12-15-18-21-2/h11,14,19-20,25H,3-10,12-13,15-18H2,1-2H3/b14-11+. The summed E-state index contributed by atoms with van der Waals surface area (Å²) in [6.45, 7) is 3.10. The van der Waals surface area contributed by atoms with Crippen LogP contribution in [0.5, 0.6) is 0 Å². The Hall–Kier alpha value is -0.0300. The number of allylic oxidation sites excluding steroid dienone is 1. The molecule has 2 atom stereocenters. The molecule has 0 aromatic rings. The van der Waals surface area contributed by atoms with Crippen molar-refractivity contribution in [1.29, 1.82) is 0 Å². The molecule has 0 amide bonds. The Morgan fingerprint density at radius 2 is 1.64 bits per heavy atom. The van der Waals surface area contributed by atoms with Crippen LogP contribution in [0.4, 0.5) is 0 Å². The molecule has 0 fully saturated rings. The fourth-order valence-electron chi connectivity index (χ4n) is 2.71. The minimum absolute atomic E-state index is 0.141. The van der Waals surface area contributed by atoms with E-state index in [-0.39, 0.29) is 15.1 Å². The van der Waals surface area contributed by atoms with Gasteiger partial charge in [0.15, 0.2) is 9.03 Å². The molecule has 0 saturated carbocycles. The Morgan fingerprint density at radius 1 is 0.920 bits per heavy atom. The van der Waals surface area contributed by atoms with Crippen LogP contribution < -0.4 is 0 Å². The Morgan fingerprint density at radius 3 is 2.36 bits per heavy atom. The molecule has 0 aromatic carbocycles. The molecule has 5 nitrogen and oxygen atoms in total. The topological polar surface area (TPSA) is 57.2 Å². The first kappa shape index (κ1) is 25.0. The highest BCUT2D eigenvalue weighted by atomic mass is 31.1. The molecule has 0 saturated heterocycles. The van der Waals surface area contributed by atoms with E-state index in [1.165, 1.54) is 64.2 Å². The fourth-order valence-corrected chi connectivity index (χ4v) is 3.13. The van der Waals surface area contributed by atoms with Gasteiger partial charge in [-0.1, -0.05) is 75.5 Å². The molecule has 0 radical (unpaired) electrons. The summed E-state index contributed by atoms with van der Waals surface area (Å²) in [5, 5.41) is 11.8. The first-order valence-electron chi connectivity index (χ1n) is 9.86. The van der Waals surface area contributed by atoms with Crippen molar-refractivity contribution in [3.05, 3.63) is 12.2 Å². The van der Waals surface area contributed by atoms with E-state index < -0.39 is 0 Å². The first-order valence-corrected chi connectivity index (χ1v) is 10.7. The Labute approximate surface area is 156 Å². The number of unbranched alkanes of at least 4 members (excludes halogenated alkanes) is 9. The minimum atomic E-state index is -0.279. The van der Waals surface area contributed by atoms with Crippen molar-refractivity contribution in [2.45, 2.75) is 96.5 Å². The monoisotopic (exact) mass is 378 g/mol. The molecule has 0 aromatic heterocycles. The SMILES string of the molecule is CCCCCCC(C/C=C/CCCCCCCCOC)OPOOO. The Bertz CT molecular complexity index is 277. The normalized spacial score (nSPS) is 13.4. The summed E-state index contributed by atoms with van der Waals surface area (Å²) >= 11 is 0. The predicted octanol–water partition coefficient (Wildman–Crippen LogP) is 6.60. The van der Waals surface area contributed by atoms with E-state index in [0.717, 1.165) is 25.9 Å². The van der Waals surface area contributed by atoms with Gasteiger partial charge in [0.25, 0.3) is 0 Å². The predicted molar refractivity (Wildman–Crippen MR) is 105 cm³/mol. The molecule has 6 heteroatoms. The van der Waals surface area contributed by atoms with Crippen molar-refractivity contribution < 1.29 is 24.2 Å². The van der Waals surface area contributed by atoms with Gasteiger partial charge in [0.05, 0.1) is 6.10 Å². The van der Waals surface area contributed by atoms with Gasteiger partial charge < -0.3 is 9.26 Å². The van der Waals surface area contributed by atoms with Crippen molar-refractivity contribution >= 4 is 9.03 Å². The van der Waals surface area contributed by atoms with Gasteiger partial charge in [0.2, 0.25) is 0 Å². The summed E-state index contributed by atoms with van der Waals surface area (Å²) in [4.78, 5) is 0. The highest BCUT2D eigenvalue weighted by Crippen LogP contribution is 2.23. The maximum absolute atomic E-state index is 8.19. The lowest BCUT2D eigenvalue weighted by Gasteiger charge is -2.14. The quantitative estimate of drug-likeness (QED) is 0.0851. The van der Waals surface area contributed by atoms with Crippen LogP contribution in [0.15, 0.2) is 12.2 Å². The lowest BCUT2D eigenvalue weighted by Crippen LogP contribution is -2.07. The third-order valence-corrected chi connectivity index (χ3v) is 4.77. The summed E-state index contributed by atoms with van der Waals surface area (Å²) in [7, 11) is 1.49. The van der Waals surface area contributed by atoms with Crippen molar-refractivity contribution in [3.63, 3.8) is 0 Å². The van der Waals surface area contributed by atoms with Crippen molar-refractivity contribution in [3.8, 4) is 0 Å². The van der Waals surface area contributed by atoms with Gasteiger partial charge in [-0.3, -0.25) is 0 Å². The lowest BCUT2D eigenvalue weighted by molar-refractivity contribution is -0.438. The average molecular weight is 378 g/mol. The fraction of sp³-hybridized carbons (Fsp3) is 0.895. The molecular weight excluding hydrogens is 339 g/mol. The highest BCUT2D eigenvalue weighted by Gasteiger charge is 2.08. The zero-order valence-corrected chi connectivity index (χ0v) is 17.2. The Balaban J connectivity index is 3.65. The molecule has 0 heterocycles. The second-order valence-electron chi connectivity index (χ2n) is 6.44. The van der Waals surface area contributed by atoms with Crippen LogP contribution >= 0.6 is 9.03 Å². The molecule has 2 unspecified atom stereocenters. The van der Waals surface area contributed by atoms with Gasteiger partial charge in [-0.25, -0.2) is 5.26 Å². The van der Waals surface area contributed by atoms with Gasteiger partial charge in [-0.15, -0.1) is 0 Å². The van der Waals surface area contributed by atoms with E-state index in [2.05, 4.69) is 28.8 Å². The second kappa shape index (κ2) is 22.0. The molecule has 0 aliphatic heterocycles. The molecular formula is C19H39O5P. The zero-order chi connectivity index (χ0) is 18.4. The van der Waals surface area contributed by atoms with Crippen molar-refractivity contribution in [2.24, 2.45) is 0 Å². The number of rotatable bonds is 20. The summed E-state index contributed by atoms with van der Waals surface area (Å²) in [5.41, 5.74) is 0. The minimum Gasteiger partial charge on any atom is -0.385 e. The van der Waals surface area contributed by atoms with E-state index >= 15 is 0 Å². The summed E-state index contributed by atoms with van der Waals surface area (Å²) < 4.78 is 15.1. The molecule has 0 bridgehead atoms. The van der Waals surface area contributed by atoms with Crippen molar-refractivity contribution in [2.75, 3.05) is 13.7 Å². The number of hydrogen-bond donors (Lipinski definition) is 1. The molecule has 1 N–H and O–H groups in total. The molecule has 150 valence electrons. The molecule has 25 heavy (non-hydrogen) atoms. The maximum atomic E-state index is 8.19. The van der Waals surface area contributed by atoms with Crippen molar-refractivity contribution in [1.82, 2.24) is 0 Å². The van der Waals surface area contributed by atoms with Crippen LogP contribution in [-0.2, 0) is 19.0 Å². The van der Waals surface area contributed by atoms with E-state index in [9.17, 15) is 0 Å². The molecule has 0 aliphatic rings. The second-order valence-corrected chi connectivity index (χ2v) is 7.01. The van der Waals surface area contributed by atoms with Gasteiger partial charge in [0, 0.05) is 13.7 Å². The first-order chi connectivity index (χ1) is 12.3. The van der Waals surface area contributed by atoms with Gasteiger partial charge in [-0.2, -0.15) is 4.67 Å². The van der Waals surface area contributed by atoms with Gasteiger partial charge in [0.1, 0.15) is 0 Å². The van der Waals surface area contributed by atoms with E-state index in [1.807, 2.05) is 0 Å². The molecule has 0 aliphatic carbocycles.